The molecule has 4 saturated carbocycles. The van der Waals surface area contributed by atoms with Gasteiger partial charge in [0.05, 0.1) is 17.2 Å². The molecule has 5 fully saturated rings. The fraction of sp³-hybridized carbons (Fsp3) is 0.583. The van der Waals surface area contributed by atoms with Gasteiger partial charge in [0, 0.05) is 29.8 Å². The van der Waals surface area contributed by atoms with Gasteiger partial charge in [-0.1, -0.05) is 0 Å². The highest BCUT2D eigenvalue weighted by Gasteiger charge is 2.59. The Morgan fingerprint density at radius 3 is 2.76 bits per heavy atom. The van der Waals surface area contributed by atoms with Gasteiger partial charge in [-0.15, -0.1) is 11.3 Å². The SMILES string of the molecule is NC(=O)C12CC3C[C@H](C1)C(OC(=O)N1CCCC1c1nc(-c4cc[nH]c(=O)c4)cs1)[C@H](C3)C2. The first kappa shape index (κ1) is 20.9. The molecule has 7 rings (SSSR count). The van der Waals surface area contributed by atoms with Gasteiger partial charge >= 0.3 is 6.09 Å². The maximum Gasteiger partial charge on any atom is 0.410 e. The highest BCUT2D eigenvalue weighted by Crippen LogP contribution is 2.60. The molecule has 3 N–H and O–H groups in total. The highest BCUT2D eigenvalue weighted by molar-refractivity contribution is 7.10. The Morgan fingerprint density at radius 1 is 1.24 bits per heavy atom. The molecule has 1 saturated heterocycles. The van der Waals surface area contributed by atoms with Crippen molar-refractivity contribution in [3.63, 3.8) is 0 Å². The third-order valence-electron chi connectivity index (χ3n) is 8.31. The van der Waals surface area contributed by atoms with E-state index in [1.807, 2.05) is 16.3 Å². The predicted octanol–water partition coefficient (Wildman–Crippen LogP) is 3.45. The minimum Gasteiger partial charge on any atom is -0.445 e. The molecule has 33 heavy (non-hydrogen) atoms. The molecule has 5 aliphatic rings. The van der Waals surface area contributed by atoms with E-state index in [1.54, 1.807) is 6.20 Å². The van der Waals surface area contributed by atoms with E-state index in [4.69, 9.17) is 15.5 Å². The summed E-state index contributed by atoms with van der Waals surface area (Å²) in [6.07, 6.45) is 7.45. The van der Waals surface area contributed by atoms with Crippen molar-refractivity contribution in [2.45, 2.75) is 57.1 Å². The number of aromatic amines is 1. The first-order valence-electron chi connectivity index (χ1n) is 11.8. The van der Waals surface area contributed by atoms with Gasteiger partial charge in [0.15, 0.2) is 0 Å². The highest BCUT2D eigenvalue weighted by atomic mass is 32.1. The largest absolute Gasteiger partial charge is 0.445 e. The molecule has 3 atom stereocenters. The summed E-state index contributed by atoms with van der Waals surface area (Å²) in [6, 6.07) is 3.25. The normalized spacial score (nSPS) is 34.5. The summed E-state index contributed by atoms with van der Waals surface area (Å²) in [5, 5.41) is 2.81. The number of hydrogen-bond acceptors (Lipinski definition) is 6. The molecule has 9 heteroatoms. The van der Waals surface area contributed by atoms with Crippen LogP contribution in [-0.4, -0.2) is 39.5 Å². The van der Waals surface area contributed by atoms with Gasteiger partial charge in [-0.2, -0.15) is 0 Å². The van der Waals surface area contributed by atoms with Crippen LogP contribution in [0.3, 0.4) is 0 Å². The number of nitrogens with two attached hydrogens (primary N) is 1. The van der Waals surface area contributed by atoms with Crippen molar-refractivity contribution < 1.29 is 14.3 Å². The molecule has 0 radical (unpaired) electrons. The molecule has 4 aliphatic carbocycles. The van der Waals surface area contributed by atoms with Crippen molar-refractivity contribution in [2.24, 2.45) is 28.9 Å². The average Bonchev–Trinajstić information content (AvgIpc) is 3.45. The second-order valence-electron chi connectivity index (χ2n) is 10.3. The Balaban J connectivity index is 1.18. The number of rotatable bonds is 4. The van der Waals surface area contributed by atoms with E-state index in [-0.39, 0.29) is 47.0 Å². The molecule has 174 valence electrons. The monoisotopic (exact) mass is 468 g/mol. The van der Waals surface area contributed by atoms with Crippen LogP contribution >= 0.6 is 11.3 Å². The zero-order valence-electron chi connectivity index (χ0n) is 18.4. The lowest BCUT2D eigenvalue weighted by molar-refractivity contribution is -0.161. The van der Waals surface area contributed by atoms with Crippen molar-refractivity contribution in [3.05, 3.63) is 39.1 Å². The van der Waals surface area contributed by atoms with E-state index in [0.717, 1.165) is 61.2 Å². The van der Waals surface area contributed by atoms with Crippen molar-refractivity contribution in [2.75, 3.05) is 6.54 Å². The molecule has 1 aliphatic heterocycles. The zero-order chi connectivity index (χ0) is 22.7. The van der Waals surface area contributed by atoms with Gasteiger partial charge in [0.2, 0.25) is 11.5 Å². The Labute approximate surface area is 195 Å². The zero-order valence-corrected chi connectivity index (χ0v) is 19.2. The van der Waals surface area contributed by atoms with Crippen LogP contribution < -0.4 is 11.3 Å². The number of carbonyl (C=O) groups excluding carboxylic acids is 2. The predicted molar refractivity (Wildman–Crippen MR) is 122 cm³/mol. The van der Waals surface area contributed by atoms with Crippen molar-refractivity contribution in [3.8, 4) is 11.3 Å². The van der Waals surface area contributed by atoms with Crippen molar-refractivity contribution >= 4 is 23.3 Å². The summed E-state index contributed by atoms with van der Waals surface area (Å²) in [5.41, 5.74) is 6.76. The quantitative estimate of drug-likeness (QED) is 0.712. The van der Waals surface area contributed by atoms with E-state index in [9.17, 15) is 14.4 Å². The number of hydrogen-bond donors (Lipinski definition) is 2. The first-order chi connectivity index (χ1) is 15.9. The minimum atomic E-state index is -0.383. The first-order valence-corrected chi connectivity index (χ1v) is 12.7. The summed E-state index contributed by atoms with van der Waals surface area (Å²) in [6.45, 7) is 0.652. The van der Waals surface area contributed by atoms with Gasteiger partial charge in [0.25, 0.3) is 0 Å². The number of carbonyl (C=O) groups is 2. The van der Waals surface area contributed by atoms with Crippen LogP contribution in [0, 0.1) is 23.2 Å². The van der Waals surface area contributed by atoms with Gasteiger partial charge in [0.1, 0.15) is 11.1 Å². The van der Waals surface area contributed by atoms with E-state index in [2.05, 4.69) is 4.98 Å². The molecule has 4 bridgehead atoms. The van der Waals surface area contributed by atoms with Crippen molar-refractivity contribution in [1.82, 2.24) is 14.9 Å². The van der Waals surface area contributed by atoms with E-state index in [0.29, 0.717) is 12.5 Å². The molecule has 3 heterocycles. The van der Waals surface area contributed by atoms with Crippen LogP contribution in [0.2, 0.25) is 0 Å². The number of pyridine rings is 1. The second-order valence-corrected chi connectivity index (χ2v) is 11.2. The molecule has 2 amide bonds. The van der Waals surface area contributed by atoms with E-state index in [1.165, 1.54) is 17.4 Å². The Morgan fingerprint density at radius 2 is 2.03 bits per heavy atom. The summed E-state index contributed by atoms with van der Waals surface area (Å²) in [7, 11) is 0. The van der Waals surface area contributed by atoms with Gasteiger partial charge in [-0.25, -0.2) is 9.78 Å². The number of likely N-dealkylation sites (tertiary alicyclic amines) is 1. The van der Waals surface area contributed by atoms with Crippen LogP contribution in [0.15, 0.2) is 28.5 Å². The van der Waals surface area contributed by atoms with Crippen molar-refractivity contribution in [1.29, 1.82) is 0 Å². The standard InChI is InChI=1S/C24H28N4O4S/c25-22(30)24-9-13-6-15(10-24)20(16(7-13)11-24)32-23(31)28-5-1-2-18(28)21-27-17(12-33-21)14-3-4-26-19(29)8-14/h3-4,8,12-13,15-16,18,20H,1-2,5-7,9-11H2,(H2,25,30)(H,26,29)/t13?,15-,16-,18?,20?,24?/m1/s1. The third kappa shape index (κ3) is 3.48. The smallest absolute Gasteiger partial charge is 0.410 e. The van der Waals surface area contributed by atoms with E-state index < -0.39 is 0 Å². The Bertz CT molecular complexity index is 1140. The van der Waals surface area contributed by atoms with Crippen LogP contribution in [0.4, 0.5) is 4.79 Å². The molecular formula is C24H28N4O4S. The molecular weight excluding hydrogens is 440 g/mol. The van der Waals surface area contributed by atoms with Gasteiger partial charge in [-0.05, 0) is 68.8 Å². The average molecular weight is 469 g/mol. The number of ether oxygens (including phenoxy) is 1. The number of nitrogens with one attached hydrogen (secondary N) is 1. The number of thiazole rings is 1. The number of nitrogens with zero attached hydrogens (tertiary/aromatic N) is 2. The summed E-state index contributed by atoms with van der Waals surface area (Å²) in [5.74, 6) is 0.822. The lowest BCUT2D eigenvalue weighted by atomic mass is 9.48. The van der Waals surface area contributed by atoms with E-state index >= 15 is 0 Å². The van der Waals surface area contributed by atoms with Crippen LogP contribution in [0.1, 0.15) is 56.0 Å². The molecule has 8 nitrogen and oxygen atoms in total. The Kier molecular flexibility index (Phi) is 4.87. The van der Waals surface area contributed by atoms with Gasteiger partial charge < -0.3 is 15.5 Å². The lowest BCUT2D eigenvalue weighted by Gasteiger charge is -2.58. The minimum absolute atomic E-state index is 0.105. The topological polar surface area (TPSA) is 118 Å². The number of H-pyrrole nitrogens is 1. The second kappa shape index (κ2) is 7.68. The lowest BCUT2D eigenvalue weighted by Crippen LogP contribution is -2.59. The van der Waals surface area contributed by atoms with Crippen LogP contribution in [0.5, 0.6) is 0 Å². The maximum absolute atomic E-state index is 13.3. The number of aromatic nitrogens is 2. The Hall–Kier alpha value is -2.68. The van der Waals surface area contributed by atoms with Crippen LogP contribution in [-0.2, 0) is 9.53 Å². The molecule has 1 unspecified atom stereocenters. The molecule has 0 aromatic carbocycles. The number of primary amides is 1. The van der Waals surface area contributed by atoms with Crippen LogP contribution in [0.25, 0.3) is 11.3 Å². The fourth-order valence-electron chi connectivity index (χ4n) is 7.08. The van der Waals surface area contributed by atoms with Gasteiger partial charge in [-0.3, -0.25) is 14.5 Å². The summed E-state index contributed by atoms with van der Waals surface area (Å²) < 4.78 is 6.16. The molecule has 0 spiro atoms. The number of amides is 2. The fourth-order valence-corrected chi connectivity index (χ4v) is 8.05. The molecule has 2 aromatic rings. The summed E-state index contributed by atoms with van der Waals surface area (Å²) in [4.78, 5) is 46.3. The molecule has 2 aromatic heterocycles. The summed E-state index contributed by atoms with van der Waals surface area (Å²) >= 11 is 1.52. The third-order valence-corrected chi connectivity index (χ3v) is 9.26. The maximum atomic E-state index is 13.3.